The number of amides is 1. The van der Waals surface area contributed by atoms with Crippen LogP contribution in [0.4, 0.5) is 10.6 Å². The van der Waals surface area contributed by atoms with Crippen molar-refractivity contribution in [2.45, 2.75) is 32.4 Å². The van der Waals surface area contributed by atoms with E-state index in [0.29, 0.717) is 23.4 Å². The van der Waals surface area contributed by atoms with Crippen molar-refractivity contribution in [1.82, 2.24) is 14.9 Å². The Balaban J connectivity index is 1.91. The van der Waals surface area contributed by atoms with Crippen molar-refractivity contribution in [2.75, 3.05) is 31.6 Å². The fourth-order valence-electron chi connectivity index (χ4n) is 3.04. The van der Waals surface area contributed by atoms with Crippen molar-refractivity contribution in [3.05, 3.63) is 24.3 Å². The lowest BCUT2D eigenvalue weighted by molar-refractivity contribution is -0.139. The Morgan fingerprint density at radius 2 is 1.79 bits per heavy atom. The van der Waals surface area contributed by atoms with Gasteiger partial charge in [0.05, 0.1) is 24.7 Å². The molecule has 0 spiro atoms. The summed E-state index contributed by atoms with van der Waals surface area (Å²) >= 11 is 0. The maximum absolute atomic E-state index is 12.4. The first kappa shape index (κ1) is 19.7. The molecule has 1 aromatic carbocycles. The van der Waals surface area contributed by atoms with Crippen molar-refractivity contribution in [2.24, 2.45) is 0 Å². The van der Waals surface area contributed by atoms with Crippen LogP contribution in [0.3, 0.4) is 0 Å². The maximum Gasteiger partial charge on any atom is 0.410 e. The number of fused-ring (bicyclic) bond motifs is 1. The van der Waals surface area contributed by atoms with E-state index in [0.717, 1.165) is 0 Å². The van der Waals surface area contributed by atoms with E-state index < -0.39 is 23.7 Å². The summed E-state index contributed by atoms with van der Waals surface area (Å²) in [4.78, 5) is 36.3. The lowest BCUT2D eigenvalue weighted by atomic mass is 10.1. The number of carboxylic acids is 1. The number of hydrogen-bond donors (Lipinski definition) is 1. The molecule has 1 fully saturated rings. The molecule has 150 valence electrons. The number of benzene rings is 1. The largest absolute Gasteiger partial charge is 0.480 e. The van der Waals surface area contributed by atoms with Gasteiger partial charge in [-0.1, -0.05) is 12.1 Å². The number of nitrogens with zero attached hydrogens (tertiary/aromatic N) is 4. The number of carboxylic acid groups (broad SMARTS) is 1. The third-order valence-corrected chi connectivity index (χ3v) is 4.30. The molecule has 2 heterocycles. The molecule has 9 nitrogen and oxygen atoms in total. The van der Waals surface area contributed by atoms with Crippen LogP contribution >= 0.6 is 0 Å². The number of methoxy groups -OCH3 is 1. The minimum absolute atomic E-state index is 0.0259. The standard InChI is InChI=1S/C19H24N4O5/c1-19(2,3)28-18(26)22-9-10-23(14(11-22)17(24)25)15-16(27-4)21-13-8-6-5-7-12(13)20-15/h5-8,14H,9-11H2,1-4H3,(H,24,25)/t14-/m0/s1. The van der Waals surface area contributed by atoms with Gasteiger partial charge >= 0.3 is 12.1 Å². The Hall–Kier alpha value is -3.10. The molecule has 1 aromatic heterocycles. The Bertz CT molecular complexity index is 896. The first-order valence-electron chi connectivity index (χ1n) is 8.98. The Morgan fingerprint density at radius 3 is 2.36 bits per heavy atom. The van der Waals surface area contributed by atoms with Crippen molar-refractivity contribution in [1.29, 1.82) is 0 Å². The topological polar surface area (TPSA) is 105 Å². The van der Waals surface area contributed by atoms with Crippen molar-refractivity contribution in [3.8, 4) is 5.88 Å². The Kier molecular flexibility index (Phi) is 5.26. The molecule has 0 aliphatic carbocycles. The number of piperazine rings is 1. The van der Waals surface area contributed by atoms with Crippen molar-refractivity contribution < 1.29 is 24.2 Å². The number of aromatic nitrogens is 2. The zero-order valence-electron chi connectivity index (χ0n) is 16.4. The van der Waals surface area contributed by atoms with Gasteiger partial charge in [-0.05, 0) is 32.9 Å². The molecule has 0 radical (unpaired) electrons. The minimum Gasteiger partial charge on any atom is -0.480 e. The summed E-state index contributed by atoms with van der Waals surface area (Å²) in [5.74, 6) is -0.474. The molecule has 1 N–H and O–H groups in total. The number of carbonyl (C=O) groups excluding carboxylic acids is 1. The van der Waals surface area contributed by atoms with Crippen LogP contribution in [0.5, 0.6) is 5.88 Å². The van der Waals surface area contributed by atoms with Gasteiger partial charge < -0.3 is 24.4 Å². The van der Waals surface area contributed by atoms with Crippen LogP contribution in [0.15, 0.2) is 24.3 Å². The first-order chi connectivity index (χ1) is 13.2. The molecule has 1 aliphatic heterocycles. The zero-order chi connectivity index (χ0) is 20.5. The van der Waals surface area contributed by atoms with Gasteiger partial charge in [-0.25, -0.2) is 19.6 Å². The summed E-state index contributed by atoms with van der Waals surface area (Å²) in [5.41, 5.74) is 0.638. The summed E-state index contributed by atoms with van der Waals surface area (Å²) in [7, 11) is 1.47. The second-order valence-corrected chi connectivity index (χ2v) is 7.52. The molecule has 0 bridgehead atoms. The molecular formula is C19H24N4O5. The van der Waals surface area contributed by atoms with E-state index in [-0.39, 0.29) is 19.0 Å². The fourth-order valence-corrected chi connectivity index (χ4v) is 3.04. The molecule has 2 aromatic rings. The molecule has 1 saturated heterocycles. The normalized spacial score (nSPS) is 17.5. The summed E-state index contributed by atoms with van der Waals surface area (Å²) in [6, 6.07) is 6.30. The molecule has 9 heteroatoms. The van der Waals surface area contributed by atoms with E-state index in [1.807, 2.05) is 18.2 Å². The highest BCUT2D eigenvalue weighted by Gasteiger charge is 2.38. The molecule has 0 unspecified atom stereocenters. The molecule has 1 atom stereocenters. The van der Waals surface area contributed by atoms with E-state index in [1.54, 1.807) is 31.7 Å². The second-order valence-electron chi connectivity index (χ2n) is 7.52. The number of anilines is 1. The Morgan fingerprint density at radius 1 is 1.14 bits per heavy atom. The summed E-state index contributed by atoms with van der Waals surface area (Å²) in [5, 5.41) is 9.77. The van der Waals surface area contributed by atoms with Crippen LogP contribution < -0.4 is 9.64 Å². The number of aliphatic carboxylic acids is 1. The van der Waals surface area contributed by atoms with Crippen LogP contribution in [0.2, 0.25) is 0 Å². The van der Waals surface area contributed by atoms with Gasteiger partial charge in [-0.2, -0.15) is 0 Å². The molecular weight excluding hydrogens is 364 g/mol. The van der Waals surface area contributed by atoms with E-state index in [9.17, 15) is 14.7 Å². The number of rotatable bonds is 3. The van der Waals surface area contributed by atoms with Gasteiger partial charge in [0.15, 0.2) is 5.82 Å². The molecule has 1 amide bonds. The highest BCUT2D eigenvalue weighted by molar-refractivity contribution is 5.83. The average Bonchev–Trinajstić information content (AvgIpc) is 2.65. The zero-order valence-corrected chi connectivity index (χ0v) is 16.4. The van der Waals surface area contributed by atoms with E-state index in [1.165, 1.54) is 12.0 Å². The third kappa shape index (κ3) is 4.08. The monoisotopic (exact) mass is 388 g/mol. The number of ether oxygens (including phenoxy) is 2. The average molecular weight is 388 g/mol. The lowest BCUT2D eigenvalue weighted by Gasteiger charge is -2.40. The van der Waals surface area contributed by atoms with Gasteiger partial charge in [0, 0.05) is 13.1 Å². The molecule has 0 saturated carbocycles. The SMILES string of the molecule is COc1nc2ccccc2nc1N1CCN(C(=O)OC(C)(C)C)C[C@H]1C(=O)O. The maximum atomic E-state index is 12.4. The lowest BCUT2D eigenvalue weighted by Crippen LogP contribution is -2.58. The molecule has 3 rings (SSSR count). The van der Waals surface area contributed by atoms with Gasteiger partial charge in [0.2, 0.25) is 0 Å². The van der Waals surface area contributed by atoms with Crippen LogP contribution in [-0.2, 0) is 9.53 Å². The van der Waals surface area contributed by atoms with Crippen molar-refractivity contribution >= 4 is 28.9 Å². The molecule has 28 heavy (non-hydrogen) atoms. The van der Waals surface area contributed by atoms with Crippen LogP contribution in [0.1, 0.15) is 20.8 Å². The quantitative estimate of drug-likeness (QED) is 0.853. The van der Waals surface area contributed by atoms with Crippen molar-refractivity contribution in [3.63, 3.8) is 0 Å². The fraction of sp³-hybridized carbons (Fsp3) is 0.474. The number of para-hydroxylation sites is 2. The number of hydrogen-bond acceptors (Lipinski definition) is 7. The van der Waals surface area contributed by atoms with E-state index in [2.05, 4.69) is 9.97 Å². The second kappa shape index (κ2) is 7.49. The Labute approximate surface area is 162 Å². The molecule has 1 aliphatic rings. The van der Waals surface area contributed by atoms with E-state index >= 15 is 0 Å². The van der Waals surface area contributed by atoms with Crippen LogP contribution in [-0.4, -0.2) is 70.4 Å². The predicted molar refractivity (Wildman–Crippen MR) is 103 cm³/mol. The van der Waals surface area contributed by atoms with Gasteiger partial charge in [-0.3, -0.25) is 0 Å². The van der Waals surface area contributed by atoms with Crippen LogP contribution in [0.25, 0.3) is 11.0 Å². The highest BCUT2D eigenvalue weighted by atomic mass is 16.6. The summed E-state index contributed by atoms with van der Waals surface area (Å²) in [6.45, 7) is 5.85. The van der Waals surface area contributed by atoms with E-state index in [4.69, 9.17) is 9.47 Å². The van der Waals surface area contributed by atoms with Gasteiger partial charge in [0.1, 0.15) is 11.6 Å². The number of carbonyl (C=O) groups is 2. The van der Waals surface area contributed by atoms with Gasteiger partial charge in [0.25, 0.3) is 5.88 Å². The predicted octanol–water partition coefficient (Wildman–Crippen LogP) is 2.15. The first-order valence-corrected chi connectivity index (χ1v) is 8.98. The third-order valence-electron chi connectivity index (χ3n) is 4.30. The van der Waals surface area contributed by atoms with Crippen LogP contribution in [0, 0.1) is 0 Å². The summed E-state index contributed by atoms with van der Waals surface area (Å²) in [6.07, 6.45) is -0.532. The van der Waals surface area contributed by atoms with Gasteiger partial charge in [-0.15, -0.1) is 0 Å². The smallest absolute Gasteiger partial charge is 0.410 e. The summed E-state index contributed by atoms with van der Waals surface area (Å²) < 4.78 is 10.7. The minimum atomic E-state index is -1.06. The highest BCUT2D eigenvalue weighted by Crippen LogP contribution is 2.30.